The van der Waals surface area contributed by atoms with Gasteiger partial charge in [-0.1, -0.05) is 29.8 Å². The number of carboxylic acids is 1. The van der Waals surface area contributed by atoms with E-state index >= 15 is 0 Å². The Kier molecular flexibility index (Phi) is 3.54. The van der Waals surface area contributed by atoms with Crippen molar-refractivity contribution in [1.82, 2.24) is 0 Å². The highest BCUT2D eigenvalue weighted by atomic mass is 35.5. The topological polar surface area (TPSA) is 62.5 Å². The molecular formula is C16H12ClNO3. The molecule has 1 heterocycles. The molecule has 2 aromatic carbocycles. The first-order valence-electron chi connectivity index (χ1n) is 6.37. The Morgan fingerprint density at radius 2 is 2.00 bits per heavy atom. The van der Waals surface area contributed by atoms with Gasteiger partial charge in [0, 0.05) is 11.1 Å². The molecule has 0 aliphatic carbocycles. The Morgan fingerprint density at radius 3 is 2.76 bits per heavy atom. The summed E-state index contributed by atoms with van der Waals surface area (Å²) in [5, 5.41) is 13.4. The van der Waals surface area contributed by atoms with Gasteiger partial charge in [-0.25, -0.2) is 4.79 Å². The van der Waals surface area contributed by atoms with Crippen LogP contribution in [0.4, 0.5) is 5.69 Å². The van der Waals surface area contributed by atoms with E-state index in [-0.39, 0.29) is 10.6 Å². The lowest BCUT2D eigenvalue weighted by molar-refractivity contribution is 0.0697. The molecule has 0 aliphatic rings. The zero-order chi connectivity index (χ0) is 14.8. The molecule has 4 nitrogen and oxygen atoms in total. The highest BCUT2D eigenvalue weighted by molar-refractivity contribution is 6.33. The van der Waals surface area contributed by atoms with E-state index in [1.807, 2.05) is 30.3 Å². The van der Waals surface area contributed by atoms with Crippen LogP contribution in [0.2, 0.25) is 5.02 Å². The number of carboxylic acid groups (broad SMARTS) is 1. The van der Waals surface area contributed by atoms with E-state index < -0.39 is 5.97 Å². The summed E-state index contributed by atoms with van der Waals surface area (Å²) in [6.45, 7) is 0.468. The molecule has 3 aromatic rings. The van der Waals surface area contributed by atoms with Crippen molar-refractivity contribution in [2.45, 2.75) is 6.54 Å². The first kappa shape index (κ1) is 13.5. The summed E-state index contributed by atoms with van der Waals surface area (Å²) >= 11 is 5.83. The Labute approximate surface area is 126 Å². The maximum absolute atomic E-state index is 11.0. The van der Waals surface area contributed by atoms with Gasteiger partial charge in [-0.05, 0) is 30.3 Å². The Hall–Kier alpha value is -2.46. The molecule has 2 N–H and O–H groups in total. The predicted octanol–water partition coefficient (Wildman–Crippen LogP) is 4.40. The summed E-state index contributed by atoms with van der Waals surface area (Å²) in [6, 6.07) is 14.5. The molecule has 1 aromatic heterocycles. The molecule has 0 bridgehead atoms. The lowest BCUT2D eigenvalue weighted by atomic mass is 10.2. The second-order valence-corrected chi connectivity index (χ2v) is 5.01. The zero-order valence-electron chi connectivity index (χ0n) is 11.0. The van der Waals surface area contributed by atoms with Crippen molar-refractivity contribution in [1.29, 1.82) is 0 Å². The number of halogens is 1. The maximum Gasteiger partial charge on any atom is 0.337 e. The molecule has 0 saturated carbocycles. The number of para-hydroxylation sites is 1. The summed E-state index contributed by atoms with van der Waals surface area (Å²) in [6.07, 6.45) is 0. The number of aromatic carboxylic acids is 1. The maximum atomic E-state index is 11.0. The SMILES string of the molecule is O=C(O)c1cc(NCc2cc3ccccc3o2)ccc1Cl. The number of fused-ring (bicyclic) bond motifs is 1. The molecule has 0 amide bonds. The number of nitrogens with one attached hydrogen (secondary N) is 1. The number of rotatable bonds is 4. The Morgan fingerprint density at radius 1 is 1.19 bits per heavy atom. The second kappa shape index (κ2) is 5.50. The summed E-state index contributed by atoms with van der Waals surface area (Å²) in [5.74, 6) is -0.268. The molecule has 106 valence electrons. The smallest absolute Gasteiger partial charge is 0.337 e. The Balaban J connectivity index is 1.78. The molecule has 0 radical (unpaired) electrons. The quantitative estimate of drug-likeness (QED) is 0.750. The van der Waals surface area contributed by atoms with E-state index in [4.69, 9.17) is 21.1 Å². The van der Waals surface area contributed by atoms with Gasteiger partial charge in [0.2, 0.25) is 0 Å². The third-order valence-electron chi connectivity index (χ3n) is 3.14. The van der Waals surface area contributed by atoms with Crippen LogP contribution in [0.25, 0.3) is 11.0 Å². The second-order valence-electron chi connectivity index (χ2n) is 4.60. The lowest BCUT2D eigenvalue weighted by Crippen LogP contribution is -2.02. The van der Waals surface area contributed by atoms with Gasteiger partial charge < -0.3 is 14.8 Å². The van der Waals surface area contributed by atoms with Gasteiger partial charge in [0.05, 0.1) is 17.1 Å². The number of furan rings is 1. The number of hydrogen-bond acceptors (Lipinski definition) is 3. The minimum atomic E-state index is -1.05. The van der Waals surface area contributed by atoms with Crippen LogP contribution < -0.4 is 5.32 Å². The number of hydrogen-bond donors (Lipinski definition) is 2. The number of anilines is 1. The number of carbonyl (C=O) groups is 1. The third-order valence-corrected chi connectivity index (χ3v) is 3.47. The molecule has 0 saturated heterocycles. The van der Waals surface area contributed by atoms with E-state index in [1.54, 1.807) is 12.1 Å². The monoisotopic (exact) mass is 301 g/mol. The van der Waals surface area contributed by atoms with Gasteiger partial charge in [-0.3, -0.25) is 0 Å². The van der Waals surface area contributed by atoms with Crippen molar-refractivity contribution in [3.8, 4) is 0 Å². The minimum Gasteiger partial charge on any atom is -0.478 e. The van der Waals surface area contributed by atoms with Crippen LogP contribution in [0.15, 0.2) is 52.9 Å². The van der Waals surface area contributed by atoms with Gasteiger partial charge in [0.15, 0.2) is 0 Å². The zero-order valence-corrected chi connectivity index (χ0v) is 11.7. The van der Waals surface area contributed by atoms with Crippen LogP contribution in [0.1, 0.15) is 16.1 Å². The first-order valence-corrected chi connectivity index (χ1v) is 6.75. The number of benzene rings is 2. The molecule has 0 spiro atoms. The van der Waals surface area contributed by atoms with Crippen molar-refractivity contribution < 1.29 is 14.3 Å². The normalized spacial score (nSPS) is 10.7. The van der Waals surface area contributed by atoms with Gasteiger partial charge in [-0.15, -0.1) is 0 Å². The van der Waals surface area contributed by atoms with Crippen LogP contribution in [0.5, 0.6) is 0 Å². The van der Waals surface area contributed by atoms with Crippen molar-refractivity contribution >= 4 is 34.2 Å². The highest BCUT2D eigenvalue weighted by Gasteiger charge is 2.09. The van der Waals surface area contributed by atoms with E-state index in [0.717, 1.165) is 16.7 Å². The van der Waals surface area contributed by atoms with Gasteiger partial charge in [0.25, 0.3) is 0 Å². The molecule has 0 fully saturated rings. The standard InChI is InChI=1S/C16H12ClNO3/c17-14-6-5-11(8-13(14)16(19)20)18-9-12-7-10-3-1-2-4-15(10)21-12/h1-8,18H,9H2,(H,19,20). The third kappa shape index (κ3) is 2.85. The minimum absolute atomic E-state index is 0.0753. The van der Waals surface area contributed by atoms with Crippen LogP contribution in [0.3, 0.4) is 0 Å². The predicted molar refractivity (Wildman–Crippen MR) is 82.0 cm³/mol. The first-order chi connectivity index (χ1) is 10.1. The molecule has 0 aliphatic heterocycles. The summed E-state index contributed by atoms with van der Waals surface area (Å²) in [7, 11) is 0. The Bertz CT molecular complexity index is 777. The van der Waals surface area contributed by atoms with E-state index in [1.165, 1.54) is 6.07 Å². The van der Waals surface area contributed by atoms with E-state index in [9.17, 15) is 4.79 Å². The average molecular weight is 302 g/mol. The summed E-state index contributed by atoms with van der Waals surface area (Å²) < 4.78 is 5.69. The van der Waals surface area contributed by atoms with Crippen LogP contribution in [-0.4, -0.2) is 11.1 Å². The highest BCUT2D eigenvalue weighted by Crippen LogP contribution is 2.23. The van der Waals surface area contributed by atoms with E-state index in [2.05, 4.69) is 5.32 Å². The summed E-state index contributed by atoms with van der Waals surface area (Å²) in [4.78, 5) is 11.0. The van der Waals surface area contributed by atoms with E-state index in [0.29, 0.717) is 12.2 Å². The molecule has 21 heavy (non-hydrogen) atoms. The van der Waals surface area contributed by atoms with Gasteiger partial charge in [-0.2, -0.15) is 0 Å². The van der Waals surface area contributed by atoms with Crippen molar-refractivity contribution in [3.63, 3.8) is 0 Å². The molecule has 5 heteroatoms. The van der Waals surface area contributed by atoms with Crippen LogP contribution in [-0.2, 0) is 6.54 Å². The fourth-order valence-corrected chi connectivity index (χ4v) is 2.31. The van der Waals surface area contributed by atoms with Crippen LogP contribution in [0, 0.1) is 0 Å². The fourth-order valence-electron chi connectivity index (χ4n) is 2.11. The van der Waals surface area contributed by atoms with Crippen molar-refractivity contribution in [3.05, 3.63) is 64.9 Å². The van der Waals surface area contributed by atoms with Gasteiger partial charge >= 0.3 is 5.97 Å². The summed E-state index contributed by atoms with van der Waals surface area (Å²) in [5.41, 5.74) is 1.58. The van der Waals surface area contributed by atoms with Crippen LogP contribution >= 0.6 is 11.6 Å². The molecule has 0 atom stereocenters. The van der Waals surface area contributed by atoms with Crippen molar-refractivity contribution in [2.24, 2.45) is 0 Å². The molecular weight excluding hydrogens is 290 g/mol. The molecule has 3 rings (SSSR count). The fraction of sp³-hybridized carbons (Fsp3) is 0.0625. The lowest BCUT2D eigenvalue weighted by Gasteiger charge is -2.06. The molecule has 0 unspecified atom stereocenters. The van der Waals surface area contributed by atoms with Gasteiger partial charge in [0.1, 0.15) is 11.3 Å². The van der Waals surface area contributed by atoms with Crippen molar-refractivity contribution in [2.75, 3.05) is 5.32 Å². The average Bonchev–Trinajstić information content (AvgIpc) is 2.89. The largest absolute Gasteiger partial charge is 0.478 e.